The fraction of sp³-hybridized carbons (Fsp3) is 0.389. The van der Waals surface area contributed by atoms with Gasteiger partial charge < -0.3 is 25.4 Å². The number of carbonyl (C=O) groups is 1. The molecule has 2 aliphatic heterocycles. The second kappa shape index (κ2) is 8.03. The van der Waals surface area contributed by atoms with Gasteiger partial charge in [-0.05, 0) is 17.5 Å². The second-order valence-corrected chi connectivity index (χ2v) is 7.29. The van der Waals surface area contributed by atoms with Gasteiger partial charge in [-0.15, -0.1) is 17.9 Å². The Balaban J connectivity index is 1.37. The smallest absolute Gasteiger partial charge is 0.315 e. The summed E-state index contributed by atoms with van der Waals surface area (Å²) in [5.74, 6) is 0.541. The molecule has 0 unspecified atom stereocenters. The molecule has 8 nitrogen and oxygen atoms in total. The highest BCUT2D eigenvalue weighted by atomic mass is 32.1. The molecular formula is C18H21N5O3S. The van der Waals surface area contributed by atoms with E-state index in [9.17, 15) is 4.79 Å². The number of nitrogens with zero attached hydrogens (tertiary/aromatic N) is 2. The Labute approximate surface area is 161 Å². The Morgan fingerprint density at radius 2 is 2.11 bits per heavy atom. The lowest BCUT2D eigenvalue weighted by atomic mass is 10.1. The maximum absolute atomic E-state index is 11.9. The molecule has 4 atom stereocenters. The summed E-state index contributed by atoms with van der Waals surface area (Å²) >= 11 is 1.63. The third-order valence-corrected chi connectivity index (χ3v) is 5.41. The number of nitrogens with one attached hydrogen (secondary N) is 3. The van der Waals surface area contributed by atoms with Crippen molar-refractivity contribution in [1.29, 1.82) is 0 Å². The van der Waals surface area contributed by atoms with E-state index in [1.165, 1.54) is 0 Å². The van der Waals surface area contributed by atoms with Crippen molar-refractivity contribution in [3.8, 4) is 10.6 Å². The number of carbonyl (C=O) groups excluding carboxylic acids is 1. The Bertz CT molecular complexity index is 800. The lowest BCUT2D eigenvalue weighted by Gasteiger charge is -2.18. The SMILES string of the molecule is C=CCNC(=O)N[C@H]1CO[C@H]2[C@@H]1OC[C@@H]2Nc1nccc(-c2cccs2)n1. The molecule has 2 aromatic heterocycles. The van der Waals surface area contributed by atoms with Gasteiger partial charge in [0.25, 0.3) is 0 Å². The van der Waals surface area contributed by atoms with E-state index in [1.54, 1.807) is 23.6 Å². The van der Waals surface area contributed by atoms with Gasteiger partial charge in [0.05, 0.1) is 35.9 Å². The van der Waals surface area contributed by atoms with Crippen molar-refractivity contribution in [1.82, 2.24) is 20.6 Å². The van der Waals surface area contributed by atoms with Crippen LogP contribution < -0.4 is 16.0 Å². The van der Waals surface area contributed by atoms with Crippen molar-refractivity contribution in [2.75, 3.05) is 25.1 Å². The number of anilines is 1. The zero-order valence-corrected chi connectivity index (χ0v) is 15.4. The minimum Gasteiger partial charge on any atom is -0.371 e. The summed E-state index contributed by atoms with van der Waals surface area (Å²) < 4.78 is 11.8. The summed E-state index contributed by atoms with van der Waals surface area (Å²) in [7, 11) is 0. The molecular weight excluding hydrogens is 366 g/mol. The van der Waals surface area contributed by atoms with E-state index in [0.717, 1.165) is 10.6 Å². The molecule has 2 amide bonds. The number of ether oxygens (including phenoxy) is 2. The quantitative estimate of drug-likeness (QED) is 0.652. The number of rotatable bonds is 6. The molecule has 2 saturated heterocycles. The van der Waals surface area contributed by atoms with Gasteiger partial charge in [0.15, 0.2) is 0 Å². The van der Waals surface area contributed by atoms with E-state index in [1.807, 2.05) is 23.6 Å². The van der Waals surface area contributed by atoms with Gasteiger partial charge in [-0.1, -0.05) is 12.1 Å². The Hall–Kier alpha value is -2.49. The predicted molar refractivity (Wildman–Crippen MR) is 103 cm³/mol. The molecule has 0 spiro atoms. The standard InChI is InChI=1S/C18H21N5O3S/c1-2-6-20-18(24)23-13-10-26-15-12(9-25-16(13)15)22-17-19-7-5-11(21-17)14-4-3-8-27-14/h2-5,7-8,12-13,15-16H,1,6,9-10H2,(H,19,21,22)(H2,20,23,24)/t12-,13-,15+,16+/m0/s1. The number of hydrogen-bond acceptors (Lipinski definition) is 7. The molecule has 0 aromatic carbocycles. The first-order valence-electron chi connectivity index (χ1n) is 8.76. The first kappa shape index (κ1) is 17.9. The highest BCUT2D eigenvalue weighted by molar-refractivity contribution is 7.13. The summed E-state index contributed by atoms with van der Waals surface area (Å²) in [4.78, 5) is 21.8. The van der Waals surface area contributed by atoms with Crippen molar-refractivity contribution >= 4 is 23.3 Å². The number of urea groups is 1. The molecule has 0 saturated carbocycles. The zero-order valence-electron chi connectivity index (χ0n) is 14.6. The van der Waals surface area contributed by atoms with Crippen LogP contribution in [-0.4, -0.2) is 60.0 Å². The molecule has 4 rings (SSSR count). The Morgan fingerprint density at radius 3 is 2.89 bits per heavy atom. The lowest BCUT2D eigenvalue weighted by molar-refractivity contribution is 0.0682. The van der Waals surface area contributed by atoms with Crippen molar-refractivity contribution in [3.05, 3.63) is 42.4 Å². The highest BCUT2D eigenvalue weighted by Crippen LogP contribution is 2.29. The van der Waals surface area contributed by atoms with Crippen LogP contribution in [0.5, 0.6) is 0 Å². The molecule has 142 valence electrons. The molecule has 9 heteroatoms. The predicted octanol–water partition coefficient (Wildman–Crippen LogP) is 1.64. The summed E-state index contributed by atoms with van der Waals surface area (Å²) in [5.41, 5.74) is 0.878. The van der Waals surface area contributed by atoms with Crippen LogP contribution in [0.3, 0.4) is 0 Å². The van der Waals surface area contributed by atoms with Gasteiger partial charge in [0.2, 0.25) is 5.95 Å². The molecule has 3 N–H and O–H groups in total. The third-order valence-electron chi connectivity index (χ3n) is 4.52. The first-order chi connectivity index (χ1) is 13.2. The Morgan fingerprint density at radius 1 is 1.30 bits per heavy atom. The average Bonchev–Trinajstić information content (AvgIpc) is 3.41. The van der Waals surface area contributed by atoms with Crippen LogP contribution >= 0.6 is 11.3 Å². The largest absolute Gasteiger partial charge is 0.371 e. The summed E-state index contributed by atoms with van der Waals surface area (Å²) in [5, 5.41) is 10.9. The molecule has 0 radical (unpaired) electrons. The molecule has 27 heavy (non-hydrogen) atoms. The summed E-state index contributed by atoms with van der Waals surface area (Å²) in [6, 6.07) is 5.39. The number of amides is 2. The van der Waals surface area contributed by atoms with E-state index >= 15 is 0 Å². The molecule has 0 bridgehead atoms. The molecule has 4 heterocycles. The maximum Gasteiger partial charge on any atom is 0.315 e. The summed E-state index contributed by atoms with van der Waals surface area (Å²) in [6.07, 6.45) is 3.01. The van der Waals surface area contributed by atoms with E-state index in [4.69, 9.17) is 9.47 Å². The van der Waals surface area contributed by atoms with E-state index < -0.39 is 0 Å². The molecule has 2 fully saturated rings. The van der Waals surface area contributed by atoms with Gasteiger partial charge in [-0.3, -0.25) is 0 Å². The van der Waals surface area contributed by atoms with Crippen LogP contribution in [0.4, 0.5) is 10.7 Å². The van der Waals surface area contributed by atoms with Crippen LogP contribution in [0.2, 0.25) is 0 Å². The van der Waals surface area contributed by atoms with Gasteiger partial charge in [-0.25, -0.2) is 14.8 Å². The lowest BCUT2D eigenvalue weighted by Crippen LogP contribution is -2.48. The van der Waals surface area contributed by atoms with Crippen LogP contribution in [-0.2, 0) is 9.47 Å². The van der Waals surface area contributed by atoms with Crippen molar-refractivity contribution in [2.24, 2.45) is 0 Å². The second-order valence-electron chi connectivity index (χ2n) is 6.34. The first-order valence-corrected chi connectivity index (χ1v) is 9.64. The monoisotopic (exact) mass is 387 g/mol. The van der Waals surface area contributed by atoms with E-state index in [-0.39, 0.29) is 30.3 Å². The van der Waals surface area contributed by atoms with Crippen LogP contribution in [0, 0.1) is 0 Å². The van der Waals surface area contributed by atoms with E-state index in [0.29, 0.717) is 25.7 Å². The van der Waals surface area contributed by atoms with Gasteiger partial charge in [-0.2, -0.15) is 0 Å². The third kappa shape index (κ3) is 3.95. The van der Waals surface area contributed by atoms with Gasteiger partial charge in [0, 0.05) is 12.7 Å². The van der Waals surface area contributed by atoms with Crippen LogP contribution in [0.25, 0.3) is 10.6 Å². The zero-order chi connectivity index (χ0) is 18.6. The maximum atomic E-state index is 11.9. The fourth-order valence-corrected chi connectivity index (χ4v) is 3.98. The number of aromatic nitrogens is 2. The fourth-order valence-electron chi connectivity index (χ4n) is 3.29. The van der Waals surface area contributed by atoms with Crippen LogP contribution in [0.15, 0.2) is 42.4 Å². The molecule has 2 aromatic rings. The molecule has 2 aliphatic rings. The van der Waals surface area contributed by atoms with Crippen molar-refractivity contribution in [3.63, 3.8) is 0 Å². The minimum absolute atomic E-state index is 0.0726. The van der Waals surface area contributed by atoms with Gasteiger partial charge >= 0.3 is 6.03 Å². The van der Waals surface area contributed by atoms with Crippen LogP contribution in [0.1, 0.15) is 0 Å². The number of hydrogen-bond donors (Lipinski definition) is 3. The van der Waals surface area contributed by atoms with E-state index in [2.05, 4.69) is 32.5 Å². The normalized spacial score (nSPS) is 26.4. The van der Waals surface area contributed by atoms with Crippen molar-refractivity contribution < 1.29 is 14.3 Å². The molecule has 0 aliphatic carbocycles. The topological polar surface area (TPSA) is 97.4 Å². The highest BCUT2D eigenvalue weighted by Gasteiger charge is 2.48. The van der Waals surface area contributed by atoms with Gasteiger partial charge in [0.1, 0.15) is 12.2 Å². The number of thiophene rings is 1. The average molecular weight is 387 g/mol. The number of fused-ring (bicyclic) bond motifs is 1. The summed E-state index contributed by atoms with van der Waals surface area (Å²) in [6.45, 7) is 4.87. The van der Waals surface area contributed by atoms with Crippen molar-refractivity contribution in [2.45, 2.75) is 24.3 Å². The Kier molecular flexibility index (Phi) is 5.33. The minimum atomic E-state index is -0.254.